The molecule has 2 heteroatoms. The minimum absolute atomic E-state index is 1.07. The molecule has 1 aromatic heterocycles. The summed E-state index contributed by atoms with van der Waals surface area (Å²) in [7, 11) is 0. The Morgan fingerprint density at radius 3 is 2.80 bits per heavy atom. The zero-order chi connectivity index (χ0) is 10.3. The molecule has 1 heterocycles. The first-order valence-corrected chi connectivity index (χ1v) is 5.86. The van der Waals surface area contributed by atoms with Gasteiger partial charge in [-0.3, -0.25) is 4.98 Å². The quantitative estimate of drug-likeness (QED) is 0.705. The molecule has 0 saturated carbocycles. The summed E-state index contributed by atoms with van der Waals surface area (Å²) in [5.74, 6) is 0. The zero-order valence-corrected chi connectivity index (χ0v) is 9.79. The molecule has 0 atom stereocenters. The normalized spacial score (nSPS) is 13.1. The van der Waals surface area contributed by atoms with Crippen LogP contribution >= 0.6 is 15.9 Å². The first-order valence-electron chi connectivity index (χ1n) is 5.07. The van der Waals surface area contributed by atoms with Gasteiger partial charge in [0.2, 0.25) is 0 Å². The van der Waals surface area contributed by atoms with Gasteiger partial charge in [-0.1, -0.05) is 24.3 Å². The molecule has 1 aromatic carbocycles. The predicted molar refractivity (Wildman–Crippen MR) is 64.8 cm³/mol. The maximum Gasteiger partial charge on any atom is 0.0737 e. The smallest absolute Gasteiger partial charge is 0.0737 e. The van der Waals surface area contributed by atoms with Crippen molar-refractivity contribution in [1.82, 2.24) is 4.98 Å². The number of hydrogen-bond donors (Lipinski definition) is 0. The van der Waals surface area contributed by atoms with E-state index in [-0.39, 0.29) is 0 Å². The van der Waals surface area contributed by atoms with Gasteiger partial charge < -0.3 is 0 Å². The van der Waals surface area contributed by atoms with E-state index in [9.17, 15) is 0 Å². The summed E-state index contributed by atoms with van der Waals surface area (Å²) in [4.78, 5) is 4.51. The fraction of sp³-hybridized carbons (Fsp3) is 0.154. The molecule has 0 fully saturated rings. The Morgan fingerprint density at radius 1 is 1.07 bits per heavy atom. The molecule has 0 N–H and O–H groups in total. The highest BCUT2D eigenvalue weighted by molar-refractivity contribution is 9.10. The second kappa shape index (κ2) is 3.46. The van der Waals surface area contributed by atoms with Gasteiger partial charge in [-0.15, -0.1) is 0 Å². The van der Waals surface area contributed by atoms with Crippen molar-refractivity contribution in [2.75, 3.05) is 0 Å². The predicted octanol–water partition coefficient (Wildman–Crippen LogP) is 3.61. The summed E-state index contributed by atoms with van der Waals surface area (Å²) >= 11 is 3.47. The number of hydrogen-bond acceptors (Lipinski definition) is 1. The molecule has 0 saturated heterocycles. The average molecular weight is 260 g/mol. The van der Waals surface area contributed by atoms with Crippen molar-refractivity contribution >= 4 is 15.9 Å². The molecular formula is C13H10BrN. The highest BCUT2D eigenvalue weighted by atomic mass is 79.9. The fourth-order valence-corrected chi connectivity index (χ4v) is 2.53. The maximum atomic E-state index is 4.51. The third-order valence-electron chi connectivity index (χ3n) is 2.87. The molecule has 0 unspecified atom stereocenters. The summed E-state index contributed by atoms with van der Waals surface area (Å²) in [5.41, 5.74) is 5.22. The van der Waals surface area contributed by atoms with Gasteiger partial charge in [-0.2, -0.15) is 0 Å². The fourth-order valence-electron chi connectivity index (χ4n) is 2.15. The van der Waals surface area contributed by atoms with Gasteiger partial charge in [0.25, 0.3) is 0 Å². The maximum absolute atomic E-state index is 4.51. The van der Waals surface area contributed by atoms with Crippen LogP contribution in [0, 0.1) is 0 Å². The van der Waals surface area contributed by atoms with Crippen LogP contribution in [0.25, 0.3) is 11.3 Å². The lowest BCUT2D eigenvalue weighted by atomic mass is 9.89. The molecule has 1 aliphatic rings. The van der Waals surface area contributed by atoms with E-state index in [1.807, 2.05) is 6.20 Å². The minimum atomic E-state index is 1.07. The van der Waals surface area contributed by atoms with Crippen molar-refractivity contribution in [3.05, 3.63) is 52.1 Å². The van der Waals surface area contributed by atoms with E-state index in [2.05, 4.69) is 51.2 Å². The van der Waals surface area contributed by atoms with E-state index in [1.54, 1.807) is 0 Å². The number of aromatic nitrogens is 1. The van der Waals surface area contributed by atoms with E-state index >= 15 is 0 Å². The Labute approximate surface area is 97.3 Å². The van der Waals surface area contributed by atoms with E-state index in [1.165, 1.54) is 16.7 Å². The van der Waals surface area contributed by atoms with Gasteiger partial charge in [0, 0.05) is 16.2 Å². The van der Waals surface area contributed by atoms with E-state index in [4.69, 9.17) is 0 Å². The largest absolute Gasteiger partial charge is 0.255 e. The SMILES string of the molecule is Brc1cnc2c(c1)CCc1ccccc1-2. The Hall–Kier alpha value is -1.15. The Kier molecular flexibility index (Phi) is 2.10. The highest BCUT2D eigenvalue weighted by Crippen LogP contribution is 2.32. The van der Waals surface area contributed by atoms with Crippen molar-refractivity contribution in [2.45, 2.75) is 12.8 Å². The molecule has 3 rings (SSSR count). The van der Waals surface area contributed by atoms with Crippen molar-refractivity contribution < 1.29 is 0 Å². The van der Waals surface area contributed by atoms with Gasteiger partial charge in [-0.25, -0.2) is 0 Å². The number of pyridine rings is 1. The zero-order valence-electron chi connectivity index (χ0n) is 8.20. The lowest BCUT2D eigenvalue weighted by Crippen LogP contribution is -2.05. The van der Waals surface area contributed by atoms with Crippen LogP contribution in [0.4, 0.5) is 0 Å². The monoisotopic (exact) mass is 259 g/mol. The Bertz CT molecular complexity index is 520. The van der Waals surface area contributed by atoms with E-state index in [0.717, 1.165) is 23.0 Å². The van der Waals surface area contributed by atoms with Crippen LogP contribution < -0.4 is 0 Å². The second-order valence-electron chi connectivity index (χ2n) is 3.82. The molecule has 0 spiro atoms. The number of fused-ring (bicyclic) bond motifs is 3. The third-order valence-corrected chi connectivity index (χ3v) is 3.30. The van der Waals surface area contributed by atoms with Crippen molar-refractivity contribution in [2.24, 2.45) is 0 Å². The van der Waals surface area contributed by atoms with E-state index in [0.29, 0.717) is 0 Å². The standard InChI is InChI=1S/C13H10BrN/c14-11-7-10-6-5-9-3-1-2-4-12(9)13(10)15-8-11/h1-4,7-8H,5-6H2. The number of halogens is 1. The van der Waals surface area contributed by atoms with Crippen LogP contribution in [0.3, 0.4) is 0 Å². The molecule has 0 aliphatic heterocycles. The Morgan fingerprint density at radius 2 is 1.87 bits per heavy atom. The van der Waals surface area contributed by atoms with Gasteiger partial charge in [0.1, 0.15) is 0 Å². The summed E-state index contributed by atoms with van der Waals surface area (Å²) in [6.07, 6.45) is 4.10. The van der Waals surface area contributed by atoms with E-state index < -0.39 is 0 Å². The van der Waals surface area contributed by atoms with Crippen LogP contribution in [0.5, 0.6) is 0 Å². The van der Waals surface area contributed by atoms with Gasteiger partial charge >= 0.3 is 0 Å². The molecule has 15 heavy (non-hydrogen) atoms. The summed E-state index contributed by atoms with van der Waals surface area (Å²) in [6.45, 7) is 0. The van der Waals surface area contributed by atoms with Crippen LogP contribution in [-0.4, -0.2) is 4.98 Å². The van der Waals surface area contributed by atoms with Gasteiger partial charge in [0.15, 0.2) is 0 Å². The second-order valence-corrected chi connectivity index (χ2v) is 4.73. The van der Waals surface area contributed by atoms with Gasteiger partial charge in [0.05, 0.1) is 5.69 Å². The average Bonchev–Trinajstić information content (AvgIpc) is 2.28. The van der Waals surface area contributed by atoms with Crippen molar-refractivity contribution in [3.8, 4) is 11.3 Å². The number of benzene rings is 1. The number of nitrogens with zero attached hydrogens (tertiary/aromatic N) is 1. The van der Waals surface area contributed by atoms with Crippen LogP contribution in [0.1, 0.15) is 11.1 Å². The highest BCUT2D eigenvalue weighted by Gasteiger charge is 2.16. The number of rotatable bonds is 0. The molecule has 2 aromatic rings. The van der Waals surface area contributed by atoms with Gasteiger partial charge in [-0.05, 0) is 46.0 Å². The first-order chi connectivity index (χ1) is 7.34. The molecule has 0 radical (unpaired) electrons. The summed E-state index contributed by atoms with van der Waals surface area (Å²) in [6, 6.07) is 10.7. The molecule has 1 aliphatic carbocycles. The third kappa shape index (κ3) is 1.49. The topological polar surface area (TPSA) is 12.9 Å². The van der Waals surface area contributed by atoms with Crippen molar-refractivity contribution in [1.29, 1.82) is 0 Å². The van der Waals surface area contributed by atoms with Crippen LogP contribution in [0.15, 0.2) is 41.0 Å². The molecule has 0 amide bonds. The minimum Gasteiger partial charge on any atom is -0.255 e. The number of aryl methyl sites for hydroxylation is 2. The lowest BCUT2D eigenvalue weighted by molar-refractivity contribution is 0.925. The molecule has 74 valence electrons. The molecule has 0 bridgehead atoms. The first kappa shape index (κ1) is 9.10. The molecular weight excluding hydrogens is 250 g/mol. The summed E-state index contributed by atoms with van der Waals surface area (Å²) in [5, 5.41) is 0. The van der Waals surface area contributed by atoms with Crippen molar-refractivity contribution in [3.63, 3.8) is 0 Å². The molecule has 1 nitrogen and oxygen atoms in total. The Balaban J connectivity index is 2.26. The van der Waals surface area contributed by atoms with Crippen LogP contribution in [0.2, 0.25) is 0 Å². The lowest BCUT2D eigenvalue weighted by Gasteiger charge is -2.18. The summed E-state index contributed by atoms with van der Waals surface area (Å²) < 4.78 is 1.07. The van der Waals surface area contributed by atoms with Crippen LogP contribution in [-0.2, 0) is 12.8 Å².